The van der Waals surface area contributed by atoms with Crippen molar-refractivity contribution in [2.75, 3.05) is 13.1 Å². The topological polar surface area (TPSA) is 41.1 Å². The van der Waals surface area contributed by atoms with Gasteiger partial charge in [-0.15, -0.1) is 0 Å². The number of carbonyl (C=O) groups excluding carboxylic acids is 1. The van der Waals surface area contributed by atoms with Crippen molar-refractivity contribution in [3.63, 3.8) is 0 Å². The summed E-state index contributed by atoms with van der Waals surface area (Å²) in [5, 5.41) is 6.46. The van der Waals surface area contributed by atoms with E-state index in [2.05, 4.69) is 17.6 Å². The molecule has 1 heterocycles. The van der Waals surface area contributed by atoms with Crippen LogP contribution in [0.1, 0.15) is 30.1 Å². The second-order valence-electron chi connectivity index (χ2n) is 4.73. The predicted octanol–water partition coefficient (Wildman–Crippen LogP) is 1.80. The van der Waals surface area contributed by atoms with Crippen LogP contribution in [0.2, 0.25) is 0 Å². The van der Waals surface area contributed by atoms with E-state index in [1.165, 1.54) is 12.8 Å². The fourth-order valence-electron chi connectivity index (χ4n) is 2.30. The van der Waals surface area contributed by atoms with E-state index >= 15 is 0 Å². The summed E-state index contributed by atoms with van der Waals surface area (Å²) >= 11 is 0. The first-order valence-electron chi connectivity index (χ1n) is 6.34. The molecule has 1 aliphatic heterocycles. The molecule has 0 radical (unpaired) electrons. The quantitative estimate of drug-likeness (QED) is 0.834. The zero-order chi connectivity index (χ0) is 12.1. The first-order valence-corrected chi connectivity index (χ1v) is 6.34. The van der Waals surface area contributed by atoms with Gasteiger partial charge in [-0.2, -0.15) is 0 Å². The number of piperidine rings is 1. The molecule has 1 fully saturated rings. The highest BCUT2D eigenvalue weighted by Crippen LogP contribution is 2.14. The average Bonchev–Trinajstić information content (AvgIpc) is 2.40. The molecule has 0 aromatic heterocycles. The molecule has 2 N–H and O–H groups in total. The molecular formula is C14H20N2O. The van der Waals surface area contributed by atoms with Gasteiger partial charge in [0.25, 0.3) is 5.91 Å². The highest BCUT2D eigenvalue weighted by molar-refractivity contribution is 5.94. The molecule has 1 aromatic rings. The Labute approximate surface area is 103 Å². The summed E-state index contributed by atoms with van der Waals surface area (Å²) in [5.41, 5.74) is 0.739. The van der Waals surface area contributed by atoms with Gasteiger partial charge in [-0.05, 0) is 50.9 Å². The second kappa shape index (κ2) is 5.82. The van der Waals surface area contributed by atoms with Crippen molar-refractivity contribution in [2.45, 2.75) is 25.8 Å². The molecule has 1 aliphatic rings. The van der Waals surface area contributed by atoms with E-state index in [0.29, 0.717) is 5.92 Å². The number of amides is 1. The molecule has 0 spiro atoms. The van der Waals surface area contributed by atoms with Gasteiger partial charge in [0.15, 0.2) is 0 Å². The molecule has 1 aromatic carbocycles. The van der Waals surface area contributed by atoms with Crippen molar-refractivity contribution < 1.29 is 4.79 Å². The van der Waals surface area contributed by atoms with Gasteiger partial charge in [0.1, 0.15) is 0 Å². The Morgan fingerprint density at radius 1 is 1.41 bits per heavy atom. The summed E-state index contributed by atoms with van der Waals surface area (Å²) in [7, 11) is 0. The molecule has 92 valence electrons. The Morgan fingerprint density at radius 2 is 2.18 bits per heavy atom. The maximum absolute atomic E-state index is 12.0. The lowest BCUT2D eigenvalue weighted by atomic mass is 9.92. The highest BCUT2D eigenvalue weighted by Gasteiger charge is 2.21. The molecule has 0 saturated carbocycles. The number of carbonyl (C=O) groups is 1. The third-order valence-corrected chi connectivity index (χ3v) is 3.44. The Bertz CT molecular complexity index is 358. The first kappa shape index (κ1) is 12.1. The summed E-state index contributed by atoms with van der Waals surface area (Å²) in [6, 6.07) is 9.63. The molecule has 3 nitrogen and oxygen atoms in total. The zero-order valence-electron chi connectivity index (χ0n) is 10.3. The molecule has 2 unspecified atom stereocenters. The van der Waals surface area contributed by atoms with Crippen LogP contribution in [0, 0.1) is 5.92 Å². The predicted molar refractivity (Wildman–Crippen MR) is 69.0 cm³/mol. The van der Waals surface area contributed by atoms with Gasteiger partial charge in [-0.3, -0.25) is 4.79 Å². The van der Waals surface area contributed by atoms with Crippen molar-refractivity contribution >= 4 is 5.91 Å². The van der Waals surface area contributed by atoms with E-state index in [0.717, 1.165) is 18.7 Å². The number of rotatable bonds is 3. The van der Waals surface area contributed by atoms with Crippen molar-refractivity contribution in [1.82, 2.24) is 10.6 Å². The molecule has 2 rings (SSSR count). The number of nitrogens with one attached hydrogen (secondary N) is 2. The smallest absolute Gasteiger partial charge is 0.251 e. The zero-order valence-corrected chi connectivity index (χ0v) is 10.3. The fraction of sp³-hybridized carbons (Fsp3) is 0.500. The van der Waals surface area contributed by atoms with Crippen molar-refractivity contribution in [3.05, 3.63) is 35.9 Å². The van der Waals surface area contributed by atoms with Crippen LogP contribution in [-0.2, 0) is 0 Å². The van der Waals surface area contributed by atoms with E-state index in [-0.39, 0.29) is 11.9 Å². The Balaban J connectivity index is 1.89. The van der Waals surface area contributed by atoms with Gasteiger partial charge in [0.05, 0.1) is 0 Å². The normalized spacial score (nSPS) is 21.8. The van der Waals surface area contributed by atoms with E-state index in [9.17, 15) is 4.79 Å². The minimum atomic E-state index is 0.0312. The maximum atomic E-state index is 12.0. The van der Waals surface area contributed by atoms with Gasteiger partial charge < -0.3 is 10.6 Å². The second-order valence-corrected chi connectivity index (χ2v) is 4.73. The molecular weight excluding hydrogens is 212 g/mol. The third-order valence-electron chi connectivity index (χ3n) is 3.44. The molecule has 3 heteroatoms. The van der Waals surface area contributed by atoms with Crippen molar-refractivity contribution in [2.24, 2.45) is 5.92 Å². The molecule has 0 bridgehead atoms. The Morgan fingerprint density at radius 3 is 2.82 bits per heavy atom. The summed E-state index contributed by atoms with van der Waals surface area (Å²) in [4.78, 5) is 12.0. The van der Waals surface area contributed by atoms with Crippen molar-refractivity contribution in [3.8, 4) is 0 Å². The van der Waals surface area contributed by atoms with E-state index in [1.54, 1.807) is 0 Å². The summed E-state index contributed by atoms with van der Waals surface area (Å²) in [6.07, 6.45) is 2.40. The highest BCUT2D eigenvalue weighted by atomic mass is 16.1. The van der Waals surface area contributed by atoms with Crippen LogP contribution in [0.4, 0.5) is 0 Å². The number of benzene rings is 1. The molecule has 1 saturated heterocycles. The largest absolute Gasteiger partial charge is 0.349 e. The van der Waals surface area contributed by atoms with E-state index < -0.39 is 0 Å². The molecule has 17 heavy (non-hydrogen) atoms. The maximum Gasteiger partial charge on any atom is 0.251 e. The van der Waals surface area contributed by atoms with Crippen LogP contribution < -0.4 is 10.6 Å². The van der Waals surface area contributed by atoms with Crippen LogP contribution >= 0.6 is 0 Å². The molecule has 2 atom stereocenters. The summed E-state index contributed by atoms with van der Waals surface area (Å²) in [5.74, 6) is 0.583. The van der Waals surface area contributed by atoms with Gasteiger partial charge in [0.2, 0.25) is 0 Å². The van der Waals surface area contributed by atoms with Crippen LogP contribution in [0.3, 0.4) is 0 Å². The SMILES string of the molecule is CC(NC(=O)c1ccccc1)C1CCCNC1. The average molecular weight is 232 g/mol. The number of hydrogen-bond acceptors (Lipinski definition) is 2. The first-order chi connectivity index (χ1) is 8.27. The van der Waals surface area contributed by atoms with Crippen LogP contribution in [-0.4, -0.2) is 25.0 Å². The van der Waals surface area contributed by atoms with Gasteiger partial charge in [0, 0.05) is 11.6 Å². The van der Waals surface area contributed by atoms with Gasteiger partial charge in [-0.1, -0.05) is 18.2 Å². The van der Waals surface area contributed by atoms with Gasteiger partial charge >= 0.3 is 0 Å². The van der Waals surface area contributed by atoms with E-state index in [1.807, 2.05) is 30.3 Å². The molecule has 1 amide bonds. The van der Waals surface area contributed by atoms with Crippen LogP contribution in [0.25, 0.3) is 0 Å². The van der Waals surface area contributed by atoms with Gasteiger partial charge in [-0.25, -0.2) is 0 Å². The third kappa shape index (κ3) is 3.30. The number of hydrogen-bond donors (Lipinski definition) is 2. The fourth-order valence-corrected chi connectivity index (χ4v) is 2.30. The lowest BCUT2D eigenvalue weighted by Crippen LogP contribution is -2.44. The minimum absolute atomic E-state index is 0.0312. The summed E-state index contributed by atoms with van der Waals surface area (Å²) in [6.45, 7) is 4.21. The van der Waals surface area contributed by atoms with Crippen molar-refractivity contribution in [1.29, 1.82) is 0 Å². The summed E-state index contributed by atoms with van der Waals surface area (Å²) < 4.78 is 0. The lowest BCUT2D eigenvalue weighted by molar-refractivity contribution is 0.0922. The lowest BCUT2D eigenvalue weighted by Gasteiger charge is -2.28. The monoisotopic (exact) mass is 232 g/mol. The van der Waals surface area contributed by atoms with E-state index in [4.69, 9.17) is 0 Å². The van der Waals surface area contributed by atoms with Crippen LogP contribution in [0.15, 0.2) is 30.3 Å². The minimum Gasteiger partial charge on any atom is -0.349 e. The standard InChI is InChI=1S/C14H20N2O/c1-11(13-8-5-9-15-10-13)16-14(17)12-6-3-2-4-7-12/h2-4,6-7,11,13,15H,5,8-10H2,1H3,(H,16,17). The van der Waals surface area contributed by atoms with Crippen LogP contribution in [0.5, 0.6) is 0 Å². The Hall–Kier alpha value is -1.35. The molecule has 0 aliphatic carbocycles. The Kier molecular flexibility index (Phi) is 4.15.